The molecule has 1 amide bonds. The van der Waals surface area contributed by atoms with Gasteiger partial charge in [-0.05, 0) is 32.4 Å². The molecule has 0 aliphatic rings. The summed E-state index contributed by atoms with van der Waals surface area (Å²) in [6.45, 7) is 3.53. The predicted molar refractivity (Wildman–Crippen MR) is 72.2 cm³/mol. The highest BCUT2D eigenvalue weighted by Crippen LogP contribution is 2.28. The highest BCUT2D eigenvalue weighted by Gasteiger charge is 2.30. The third-order valence-corrected chi connectivity index (χ3v) is 3.14. The molecule has 0 radical (unpaired) electrons. The third kappa shape index (κ3) is 3.84. The first-order chi connectivity index (χ1) is 10.3. The standard InChI is InChI=1S/C14H14F3N3O2/c1-8-11(9(2)22-20-8)4-6-13(21)19-12-5-3-10(7-18-12)14(15,16)17/h3,5,7H,4,6H2,1-2H3,(H,18,19,21). The number of carbonyl (C=O) groups is 1. The first-order valence-corrected chi connectivity index (χ1v) is 6.52. The number of hydrogen-bond acceptors (Lipinski definition) is 4. The number of carbonyl (C=O) groups excluding carboxylic acids is 1. The predicted octanol–water partition coefficient (Wildman–Crippen LogP) is 3.28. The van der Waals surface area contributed by atoms with E-state index in [9.17, 15) is 18.0 Å². The third-order valence-electron chi connectivity index (χ3n) is 3.14. The lowest BCUT2D eigenvalue weighted by Gasteiger charge is -2.08. The number of amides is 1. The van der Waals surface area contributed by atoms with Gasteiger partial charge in [0.25, 0.3) is 0 Å². The fourth-order valence-corrected chi connectivity index (χ4v) is 1.94. The number of alkyl halides is 3. The van der Waals surface area contributed by atoms with Gasteiger partial charge in [0.15, 0.2) is 0 Å². The minimum absolute atomic E-state index is 0.0803. The molecule has 0 atom stereocenters. The molecule has 0 spiro atoms. The van der Waals surface area contributed by atoms with E-state index in [4.69, 9.17) is 4.52 Å². The highest BCUT2D eigenvalue weighted by molar-refractivity contribution is 5.89. The second kappa shape index (κ2) is 6.17. The molecule has 0 aliphatic heterocycles. The van der Waals surface area contributed by atoms with Crippen LogP contribution in [0.5, 0.6) is 0 Å². The summed E-state index contributed by atoms with van der Waals surface area (Å²) in [6.07, 6.45) is -3.16. The van der Waals surface area contributed by atoms with Crippen LogP contribution >= 0.6 is 0 Å². The quantitative estimate of drug-likeness (QED) is 0.940. The van der Waals surface area contributed by atoms with E-state index >= 15 is 0 Å². The van der Waals surface area contributed by atoms with Crippen molar-refractivity contribution in [2.24, 2.45) is 0 Å². The first-order valence-electron chi connectivity index (χ1n) is 6.52. The Balaban J connectivity index is 1.92. The second-order valence-corrected chi connectivity index (χ2v) is 4.78. The van der Waals surface area contributed by atoms with E-state index in [1.165, 1.54) is 0 Å². The van der Waals surface area contributed by atoms with Crippen molar-refractivity contribution in [3.05, 3.63) is 40.9 Å². The lowest BCUT2D eigenvalue weighted by molar-refractivity contribution is -0.137. The van der Waals surface area contributed by atoms with E-state index in [2.05, 4.69) is 15.5 Å². The molecule has 1 N–H and O–H groups in total. The van der Waals surface area contributed by atoms with Crippen LogP contribution in [-0.2, 0) is 17.4 Å². The average molecular weight is 313 g/mol. The van der Waals surface area contributed by atoms with Crippen molar-refractivity contribution in [3.63, 3.8) is 0 Å². The Kier molecular flexibility index (Phi) is 4.48. The van der Waals surface area contributed by atoms with E-state index in [0.717, 1.165) is 23.4 Å². The number of halogens is 3. The van der Waals surface area contributed by atoms with Crippen LogP contribution in [-0.4, -0.2) is 16.0 Å². The molecule has 118 valence electrons. The van der Waals surface area contributed by atoms with Gasteiger partial charge in [-0.2, -0.15) is 13.2 Å². The summed E-state index contributed by atoms with van der Waals surface area (Å²) in [6, 6.07) is 1.99. The van der Waals surface area contributed by atoms with Crippen LogP contribution < -0.4 is 5.32 Å². The maximum Gasteiger partial charge on any atom is 0.417 e. The Morgan fingerprint density at radius 1 is 1.32 bits per heavy atom. The van der Waals surface area contributed by atoms with Crippen molar-refractivity contribution in [1.29, 1.82) is 0 Å². The van der Waals surface area contributed by atoms with E-state index < -0.39 is 11.7 Å². The van der Waals surface area contributed by atoms with Gasteiger partial charge in [0.1, 0.15) is 11.6 Å². The molecule has 2 aromatic heterocycles. The maximum absolute atomic E-state index is 12.4. The van der Waals surface area contributed by atoms with Crippen LogP contribution in [0.4, 0.5) is 19.0 Å². The zero-order chi connectivity index (χ0) is 16.3. The fourth-order valence-electron chi connectivity index (χ4n) is 1.94. The Morgan fingerprint density at radius 3 is 2.55 bits per heavy atom. The molecule has 8 heteroatoms. The van der Waals surface area contributed by atoms with Gasteiger partial charge in [-0.25, -0.2) is 4.98 Å². The zero-order valence-electron chi connectivity index (χ0n) is 12.0. The Morgan fingerprint density at radius 2 is 2.05 bits per heavy atom. The van der Waals surface area contributed by atoms with Crippen LogP contribution in [0.3, 0.4) is 0 Å². The van der Waals surface area contributed by atoms with Gasteiger partial charge in [-0.15, -0.1) is 0 Å². The average Bonchev–Trinajstić information content (AvgIpc) is 2.75. The van der Waals surface area contributed by atoms with E-state index in [0.29, 0.717) is 18.4 Å². The summed E-state index contributed by atoms with van der Waals surface area (Å²) in [5.41, 5.74) is 0.717. The number of nitrogens with one attached hydrogen (secondary N) is 1. The smallest absolute Gasteiger partial charge is 0.361 e. The molecule has 2 aromatic rings. The van der Waals surface area contributed by atoms with Gasteiger partial charge in [0.05, 0.1) is 11.3 Å². The molecule has 0 bridgehead atoms. The monoisotopic (exact) mass is 313 g/mol. The summed E-state index contributed by atoms with van der Waals surface area (Å²) >= 11 is 0. The van der Waals surface area contributed by atoms with E-state index in [1.54, 1.807) is 13.8 Å². The summed E-state index contributed by atoms with van der Waals surface area (Å²) < 4.78 is 42.2. The lowest BCUT2D eigenvalue weighted by atomic mass is 10.1. The lowest BCUT2D eigenvalue weighted by Crippen LogP contribution is -2.14. The SMILES string of the molecule is Cc1noc(C)c1CCC(=O)Nc1ccc(C(F)(F)F)cn1. The summed E-state index contributed by atoms with van der Waals surface area (Å²) in [4.78, 5) is 15.4. The van der Waals surface area contributed by atoms with Crippen LogP contribution in [0.25, 0.3) is 0 Å². The fraction of sp³-hybridized carbons (Fsp3) is 0.357. The second-order valence-electron chi connectivity index (χ2n) is 4.78. The molecule has 0 saturated carbocycles. The maximum atomic E-state index is 12.4. The molecule has 0 aromatic carbocycles. The van der Waals surface area contributed by atoms with Crippen molar-refractivity contribution < 1.29 is 22.5 Å². The number of anilines is 1. The van der Waals surface area contributed by atoms with Crippen LogP contribution in [0.2, 0.25) is 0 Å². The minimum atomic E-state index is -4.45. The first kappa shape index (κ1) is 16.0. The molecule has 22 heavy (non-hydrogen) atoms. The number of rotatable bonds is 4. The molecular weight excluding hydrogens is 299 g/mol. The van der Waals surface area contributed by atoms with Gasteiger partial charge >= 0.3 is 6.18 Å². The van der Waals surface area contributed by atoms with E-state index in [1.807, 2.05) is 0 Å². The number of aromatic nitrogens is 2. The molecule has 5 nitrogen and oxygen atoms in total. The molecule has 0 saturated heterocycles. The Bertz CT molecular complexity index is 643. The van der Waals surface area contributed by atoms with Gasteiger partial charge < -0.3 is 9.84 Å². The number of hydrogen-bond donors (Lipinski definition) is 1. The van der Waals surface area contributed by atoms with Crippen LogP contribution in [0.15, 0.2) is 22.9 Å². The number of nitrogens with zero attached hydrogens (tertiary/aromatic N) is 2. The number of pyridine rings is 1. The van der Waals surface area contributed by atoms with E-state index in [-0.39, 0.29) is 18.1 Å². The van der Waals surface area contributed by atoms with Gasteiger partial charge in [0.2, 0.25) is 5.91 Å². The van der Waals surface area contributed by atoms with Crippen molar-refractivity contribution >= 4 is 11.7 Å². The molecule has 0 fully saturated rings. The van der Waals surface area contributed by atoms with Crippen LogP contribution in [0.1, 0.15) is 29.0 Å². The Labute approximate surface area is 124 Å². The molecule has 0 aliphatic carbocycles. The van der Waals surface area contributed by atoms with Crippen molar-refractivity contribution in [3.8, 4) is 0 Å². The van der Waals surface area contributed by atoms with Gasteiger partial charge in [-0.1, -0.05) is 5.16 Å². The van der Waals surface area contributed by atoms with Gasteiger partial charge in [0, 0.05) is 18.2 Å². The molecule has 0 unspecified atom stereocenters. The minimum Gasteiger partial charge on any atom is -0.361 e. The van der Waals surface area contributed by atoms with Crippen molar-refractivity contribution in [2.45, 2.75) is 32.9 Å². The Hall–Kier alpha value is -2.38. The normalized spacial score (nSPS) is 11.5. The van der Waals surface area contributed by atoms with Crippen molar-refractivity contribution in [1.82, 2.24) is 10.1 Å². The van der Waals surface area contributed by atoms with Gasteiger partial charge in [-0.3, -0.25) is 4.79 Å². The summed E-state index contributed by atoms with van der Waals surface area (Å²) in [5.74, 6) is 0.391. The topological polar surface area (TPSA) is 68.0 Å². The summed E-state index contributed by atoms with van der Waals surface area (Å²) in [7, 11) is 0. The zero-order valence-corrected chi connectivity index (χ0v) is 12.0. The highest BCUT2D eigenvalue weighted by atomic mass is 19.4. The molecule has 2 rings (SSSR count). The number of aryl methyl sites for hydroxylation is 2. The largest absolute Gasteiger partial charge is 0.417 e. The van der Waals surface area contributed by atoms with Crippen LogP contribution in [0, 0.1) is 13.8 Å². The summed E-state index contributed by atoms with van der Waals surface area (Å²) in [5, 5.41) is 6.24. The molecule has 2 heterocycles. The van der Waals surface area contributed by atoms with Crippen molar-refractivity contribution in [2.75, 3.05) is 5.32 Å². The molecular formula is C14H14F3N3O2.